The summed E-state index contributed by atoms with van der Waals surface area (Å²) in [7, 11) is 4.95. The predicted molar refractivity (Wildman–Crippen MR) is 129 cm³/mol. The number of nitrogens with one attached hydrogen (secondary N) is 1. The highest BCUT2D eigenvalue weighted by Gasteiger charge is 2.41. The van der Waals surface area contributed by atoms with Gasteiger partial charge < -0.3 is 18.8 Å². The van der Waals surface area contributed by atoms with Crippen LogP contribution in [0.25, 0.3) is 10.9 Å². The van der Waals surface area contributed by atoms with Crippen molar-refractivity contribution >= 4 is 28.7 Å². The number of benzene rings is 2. The molecule has 0 saturated heterocycles. The molecule has 3 aromatic rings. The molecule has 178 valence electrons. The molecule has 7 nitrogen and oxygen atoms in total. The average molecular weight is 463 g/mol. The first-order valence-electron chi connectivity index (χ1n) is 11.8. The number of carbonyl (C=O) groups is 2. The summed E-state index contributed by atoms with van der Waals surface area (Å²) in [5.74, 6) is 1.48. The highest BCUT2D eigenvalue weighted by atomic mass is 16.6. The molecule has 1 amide bonds. The summed E-state index contributed by atoms with van der Waals surface area (Å²) < 4.78 is 18.2. The fourth-order valence-electron chi connectivity index (χ4n) is 5.65. The Bertz CT molecular complexity index is 1250. The first-order chi connectivity index (χ1) is 16.4. The molecule has 34 heavy (non-hydrogen) atoms. The molecule has 1 heterocycles. The summed E-state index contributed by atoms with van der Waals surface area (Å²) in [5.41, 5.74) is 4.26. The fourth-order valence-corrected chi connectivity index (χ4v) is 5.65. The van der Waals surface area contributed by atoms with E-state index in [0.29, 0.717) is 29.3 Å². The molecule has 3 unspecified atom stereocenters. The second kappa shape index (κ2) is 9.05. The number of hydrogen-bond donors (Lipinski definition) is 1. The Balaban J connectivity index is 1.36. The molecule has 1 N–H and O–H groups in total. The van der Waals surface area contributed by atoms with Crippen LogP contribution < -0.4 is 10.1 Å². The van der Waals surface area contributed by atoms with Crippen molar-refractivity contribution in [1.29, 1.82) is 0 Å². The van der Waals surface area contributed by atoms with Gasteiger partial charge in [-0.1, -0.05) is 6.07 Å². The molecule has 0 spiro atoms. The van der Waals surface area contributed by atoms with Crippen molar-refractivity contribution in [2.45, 2.75) is 38.2 Å². The topological polar surface area (TPSA) is 78.8 Å². The minimum Gasteiger partial charge on any atom is -0.496 e. The van der Waals surface area contributed by atoms with E-state index in [0.717, 1.165) is 34.4 Å². The van der Waals surface area contributed by atoms with Crippen LogP contribution in [0.15, 0.2) is 42.6 Å². The van der Waals surface area contributed by atoms with Crippen molar-refractivity contribution in [3.63, 3.8) is 0 Å². The Kier molecular flexibility index (Phi) is 5.94. The molecule has 2 saturated carbocycles. The summed E-state index contributed by atoms with van der Waals surface area (Å²) in [6, 6.07) is 11.2. The van der Waals surface area contributed by atoms with Crippen molar-refractivity contribution in [2.75, 3.05) is 19.5 Å². The average Bonchev–Trinajstić information content (AvgIpc) is 3.54. The summed E-state index contributed by atoms with van der Waals surface area (Å²) in [5, 5.41) is 3.96. The van der Waals surface area contributed by atoms with Gasteiger partial charge in [0.05, 0.1) is 19.8 Å². The van der Waals surface area contributed by atoms with E-state index in [1.165, 1.54) is 26.4 Å². The first kappa shape index (κ1) is 22.3. The largest absolute Gasteiger partial charge is 0.496 e. The lowest BCUT2D eigenvalue weighted by atomic mass is 9.98. The van der Waals surface area contributed by atoms with Gasteiger partial charge in [-0.25, -0.2) is 9.59 Å². The smallest absolute Gasteiger partial charge is 0.411 e. The normalized spacial score (nSPS) is 21.0. The molecule has 0 radical (unpaired) electrons. The van der Waals surface area contributed by atoms with Crippen molar-refractivity contribution < 1.29 is 23.8 Å². The zero-order valence-corrected chi connectivity index (χ0v) is 19.8. The molecule has 2 fully saturated rings. The van der Waals surface area contributed by atoms with E-state index in [1.807, 2.05) is 31.3 Å². The van der Waals surface area contributed by atoms with Crippen LogP contribution in [0.3, 0.4) is 0 Å². The number of ether oxygens (including phenoxy) is 3. The monoisotopic (exact) mass is 462 g/mol. The second-order valence-electron chi connectivity index (χ2n) is 9.44. The number of carbonyl (C=O) groups excluding carboxylic acids is 2. The van der Waals surface area contributed by atoms with Gasteiger partial charge in [0.1, 0.15) is 11.9 Å². The van der Waals surface area contributed by atoms with Crippen molar-refractivity contribution in [1.82, 2.24) is 4.57 Å². The zero-order chi connectivity index (χ0) is 23.8. The lowest BCUT2D eigenvalue weighted by Gasteiger charge is -2.22. The van der Waals surface area contributed by atoms with Gasteiger partial charge in [-0.05, 0) is 79.0 Å². The highest BCUT2D eigenvalue weighted by molar-refractivity contribution is 5.92. The molecule has 2 aliphatic rings. The van der Waals surface area contributed by atoms with Crippen LogP contribution in [0.2, 0.25) is 0 Å². The molecule has 7 heteroatoms. The Hall–Kier alpha value is -3.48. The van der Waals surface area contributed by atoms with Crippen LogP contribution >= 0.6 is 0 Å². The van der Waals surface area contributed by atoms with E-state index in [4.69, 9.17) is 14.2 Å². The van der Waals surface area contributed by atoms with Gasteiger partial charge in [-0.3, -0.25) is 5.32 Å². The summed E-state index contributed by atoms with van der Waals surface area (Å²) in [4.78, 5) is 24.4. The Morgan fingerprint density at radius 2 is 1.91 bits per heavy atom. The summed E-state index contributed by atoms with van der Waals surface area (Å²) >= 11 is 0. The minimum absolute atomic E-state index is 0.0511. The van der Waals surface area contributed by atoms with E-state index < -0.39 is 5.97 Å². The Morgan fingerprint density at radius 1 is 1.06 bits per heavy atom. The van der Waals surface area contributed by atoms with Gasteiger partial charge in [0.15, 0.2) is 0 Å². The van der Waals surface area contributed by atoms with Gasteiger partial charge >= 0.3 is 12.1 Å². The van der Waals surface area contributed by atoms with Crippen LogP contribution in [-0.2, 0) is 22.9 Å². The molecule has 0 aliphatic heterocycles. The number of esters is 1. The molecule has 2 aromatic carbocycles. The summed E-state index contributed by atoms with van der Waals surface area (Å²) in [6.45, 7) is 0. The molecule has 2 aliphatic carbocycles. The number of aryl methyl sites for hydroxylation is 1. The molecule has 2 bridgehead atoms. The molecular formula is C27H30N2O5. The van der Waals surface area contributed by atoms with Crippen molar-refractivity contribution in [2.24, 2.45) is 18.9 Å². The maximum Gasteiger partial charge on any atom is 0.411 e. The van der Waals surface area contributed by atoms with Gasteiger partial charge in [0.25, 0.3) is 0 Å². The number of anilines is 1. The van der Waals surface area contributed by atoms with Gasteiger partial charge in [0, 0.05) is 36.3 Å². The predicted octanol–water partition coefficient (Wildman–Crippen LogP) is 5.30. The van der Waals surface area contributed by atoms with Crippen LogP contribution in [0.4, 0.5) is 10.5 Å². The minimum atomic E-state index is -0.400. The Labute approximate surface area is 199 Å². The Morgan fingerprint density at radius 3 is 2.62 bits per heavy atom. The number of nitrogens with zero attached hydrogens (tertiary/aromatic N) is 1. The molecule has 5 rings (SSSR count). The van der Waals surface area contributed by atoms with E-state index in [2.05, 4.69) is 16.1 Å². The third-order valence-electron chi connectivity index (χ3n) is 7.34. The zero-order valence-electron chi connectivity index (χ0n) is 19.8. The third kappa shape index (κ3) is 4.22. The standard InChI is InChI=1S/C27H30N2O5/c1-29-15-20(12-18-6-7-19(26(30)33-3)13-24(18)32-2)22-14-21(8-9-23(22)29)28-27(31)34-25-11-16-4-5-17(25)10-16/h6-9,13-17,25H,4-5,10-12H2,1-3H3,(H,28,31). The van der Waals surface area contributed by atoms with Crippen LogP contribution in [0.1, 0.15) is 47.2 Å². The SMILES string of the molecule is COC(=O)c1ccc(Cc2cn(C)c3ccc(NC(=O)OC4CC5CCC4C5)cc23)c(OC)c1. The lowest BCUT2D eigenvalue weighted by molar-refractivity contribution is 0.0600. The number of hydrogen-bond acceptors (Lipinski definition) is 5. The van der Waals surface area contributed by atoms with E-state index >= 15 is 0 Å². The van der Waals surface area contributed by atoms with E-state index in [9.17, 15) is 9.59 Å². The van der Waals surface area contributed by atoms with E-state index in [1.54, 1.807) is 19.2 Å². The van der Waals surface area contributed by atoms with Crippen LogP contribution in [-0.4, -0.2) is 37.0 Å². The number of rotatable bonds is 6. The number of aromatic nitrogens is 1. The number of fused-ring (bicyclic) bond motifs is 3. The number of methoxy groups -OCH3 is 2. The number of amides is 1. The molecule has 1 aromatic heterocycles. The van der Waals surface area contributed by atoms with E-state index in [-0.39, 0.29) is 12.2 Å². The van der Waals surface area contributed by atoms with Gasteiger partial charge in [0.2, 0.25) is 0 Å². The lowest BCUT2D eigenvalue weighted by Crippen LogP contribution is -2.26. The maximum absolute atomic E-state index is 12.6. The molecular weight excluding hydrogens is 432 g/mol. The maximum atomic E-state index is 12.6. The second-order valence-corrected chi connectivity index (χ2v) is 9.44. The third-order valence-corrected chi connectivity index (χ3v) is 7.34. The van der Waals surface area contributed by atoms with Gasteiger partial charge in [-0.2, -0.15) is 0 Å². The fraction of sp³-hybridized carbons (Fsp3) is 0.407. The van der Waals surface area contributed by atoms with Crippen molar-refractivity contribution in [3.8, 4) is 5.75 Å². The first-order valence-corrected chi connectivity index (χ1v) is 11.8. The van der Waals surface area contributed by atoms with Crippen molar-refractivity contribution in [3.05, 3.63) is 59.3 Å². The van der Waals surface area contributed by atoms with Gasteiger partial charge in [-0.15, -0.1) is 0 Å². The summed E-state index contributed by atoms with van der Waals surface area (Å²) in [6.07, 6.45) is 7.00. The van der Waals surface area contributed by atoms with Crippen LogP contribution in [0, 0.1) is 11.8 Å². The van der Waals surface area contributed by atoms with Crippen LogP contribution in [0.5, 0.6) is 5.75 Å². The quantitative estimate of drug-likeness (QED) is 0.503. The highest BCUT2D eigenvalue weighted by Crippen LogP contribution is 2.46. The molecule has 3 atom stereocenters.